The summed E-state index contributed by atoms with van der Waals surface area (Å²) in [5, 5.41) is 0. The predicted octanol–water partition coefficient (Wildman–Crippen LogP) is 1.95. The number of hydrogen-bond acceptors (Lipinski definition) is 4. The molecule has 0 saturated heterocycles. The number of carbonyl (C=O) groups excluding carboxylic acids is 2. The Labute approximate surface area is 106 Å². The predicted molar refractivity (Wildman–Crippen MR) is 66.4 cm³/mol. The standard InChI is InChI=1S/C14H17NO3/c1-3-9-6-12-10(7-13(9)16)5-11(8-15-12)14(17)18-4-2/h5,8-9H,3-4,6-7H2,1-2H3. The summed E-state index contributed by atoms with van der Waals surface area (Å²) in [7, 11) is 0. The third-order valence-corrected chi connectivity index (χ3v) is 3.32. The first-order chi connectivity index (χ1) is 8.65. The zero-order valence-corrected chi connectivity index (χ0v) is 10.7. The van der Waals surface area contributed by atoms with E-state index in [0.29, 0.717) is 25.0 Å². The molecule has 2 rings (SSSR count). The molecule has 1 aliphatic rings. The van der Waals surface area contributed by atoms with Crippen LogP contribution in [0.5, 0.6) is 0 Å². The molecule has 0 fully saturated rings. The molecule has 4 nitrogen and oxygen atoms in total. The van der Waals surface area contributed by atoms with Crippen molar-refractivity contribution in [2.75, 3.05) is 6.61 Å². The molecule has 0 bridgehead atoms. The summed E-state index contributed by atoms with van der Waals surface area (Å²) in [4.78, 5) is 27.7. The molecule has 4 heteroatoms. The smallest absolute Gasteiger partial charge is 0.339 e. The van der Waals surface area contributed by atoms with Crippen LogP contribution in [-0.4, -0.2) is 23.3 Å². The average Bonchev–Trinajstić information content (AvgIpc) is 2.37. The summed E-state index contributed by atoms with van der Waals surface area (Å²) >= 11 is 0. The fourth-order valence-corrected chi connectivity index (χ4v) is 2.25. The molecule has 1 aromatic heterocycles. The van der Waals surface area contributed by atoms with Crippen LogP contribution in [0.4, 0.5) is 0 Å². The zero-order valence-electron chi connectivity index (χ0n) is 10.7. The van der Waals surface area contributed by atoms with Crippen LogP contribution < -0.4 is 0 Å². The van der Waals surface area contributed by atoms with Gasteiger partial charge in [0.2, 0.25) is 0 Å². The summed E-state index contributed by atoms with van der Waals surface area (Å²) in [6.45, 7) is 4.12. The lowest BCUT2D eigenvalue weighted by Gasteiger charge is -2.21. The van der Waals surface area contributed by atoms with Gasteiger partial charge in [-0.15, -0.1) is 0 Å². The Hall–Kier alpha value is -1.71. The van der Waals surface area contributed by atoms with Crippen molar-refractivity contribution in [1.29, 1.82) is 0 Å². The Balaban J connectivity index is 2.26. The van der Waals surface area contributed by atoms with Crippen LogP contribution in [0, 0.1) is 5.92 Å². The Kier molecular flexibility index (Phi) is 3.75. The first-order valence-corrected chi connectivity index (χ1v) is 6.33. The van der Waals surface area contributed by atoms with E-state index in [1.165, 1.54) is 0 Å². The van der Waals surface area contributed by atoms with Crippen LogP contribution in [0.1, 0.15) is 41.9 Å². The number of rotatable bonds is 3. The Morgan fingerprint density at radius 1 is 1.50 bits per heavy atom. The van der Waals surface area contributed by atoms with Crippen LogP contribution in [0.15, 0.2) is 12.3 Å². The van der Waals surface area contributed by atoms with Crippen molar-refractivity contribution >= 4 is 11.8 Å². The quantitative estimate of drug-likeness (QED) is 0.766. The van der Waals surface area contributed by atoms with Gasteiger partial charge in [-0.05, 0) is 31.4 Å². The van der Waals surface area contributed by atoms with Gasteiger partial charge in [-0.25, -0.2) is 4.79 Å². The van der Waals surface area contributed by atoms with Crippen molar-refractivity contribution in [1.82, 2.24) is 4.98 Å². The summed E-state index contributed by atoms with van der Waals surface area (Å²) in [5.74, 6) is -0.0517. The number of ketones is 1. The summed E-state index contributed by atoms with van der Waals surface area (Å²) < 4.78 is 4.92. The number of esters is 1. The molecule has 0 radical (unpaired) electrons. The number of hydrogen-bond donors (Lipinski definition) is 0. The van der Waals surface area contributed by atoms with Crippen molar-refractivity contribution in [3.8, 4) is 0 Å². The molecule has 0 saturated carbocycles. The Morgan fingerprint density at radius 3 is 2.94 bits per heavy atom. The second-order valence-electron chi connectivity index (χ2n) is 4.50. The van der Waals surface area contributed by atoms with Crippen molar-refractivity contribution in [3.63, 3.8) is 0 Å². The van der Waals surface area contributed by atoms with Crippen LogP contribution in [0.2, 0.25) is 0 Å². The zero-order chi connectivity index (χ0) is 13.1. The van der Waals surface area contributed by atoms with E-state index in [2.05, 4.69) is 4.98 Å². The Morgan fingerprint density at radius 2 is 2.28 bits per heavy atom. The van der Waals surface area contributed by atoms with E-state index in [4.69, 9.17) is 4.74 Å². The molecule has 1 aliphatic carbocycles. The second kappa shape index (κ2) is 5.29. The highest BCUT2D eigenvalue weighted by Gasteiger charge is 2.26. The van der Waals surface area contributed by atoms with Gasteiger partial charge in [-0.2, -0.15) is 0 Å². The fraction of sp³-hybridized carbons (Fsp3) is 0.500. The fourth-order valence-electron chi connectivity index (χ4n) is 2.25. The molecule has 18 heavy (non-hydrogen) atoms. The van der Waals surface area contributed by atoms with Gasteiger partial charge in [-0.3, -0.25) is 9.78 Å². The molecule has 0 aromatic carbocycles. The number of fused-ring (bicyclic) bond motifs is 1. The van der Waals surface area contributed by atoms with E-state index in [9.17, 15) is 9.59 Å². The minimum absolute atomic E-state index is 0.0819. The van der Waals surface area contributed by atoms with E-state index < -0.39 is 0 Å². The minimum Gasteiger partial charge on any atom is -0.462 e. The third kappa shape index (κ3) is 2.42. The number of nitrogens with zero attached hydrogens (tertiary/aromatic N) is 1. The maximum Gasteiger partial charge on any atom is 0.339 e. The van der Waals surface area contributed by atoms with Gasteiger partial charge in [-0.1, -0.05) is 6.92 Å². The number of ether oxygens (including phenoxy) is 1. The normalized spacial score (nSPS) is 18.3. The molecule has 0 N–H and O–H groups in total. The van der Waals surface area contributed by atoms with E-state index in [1.54, 1.807) is 19.2 Å². The third-order valence-electron chi connectivity index (χ3n) is 3.32. The molecule has 0 aliphatic heterocycles. The van der Waals surface area contributed by atoms with E-state index >= 15 is 0 Å². The summed E-state index contributed by atoms with van der Waals surface area (Å²) in [6.07, 6.45) is 3.46. The lowest BCUT2D eigenvalue weighted by atomic mass is 9.84. The maximum absolute atomic E-state index is 11.9. The first kappa shape index (κ1) is 12.7. The molecule has 96 valence electrons. The highest BCUT2D eigenvalue weighted by atomic mass is 16.5. The van der Waals surface area contributed by atoms with E-state index in [1.807, 2.05) is 6.92 Å². The molecule has 0 amide bonds. The van der Waals surface area contributed by atoms with Crippen LogP contribution in [-0.2, 0) is 22.4 Å². The van der Waals surface area contributed by atoms with Crippen molar-refractivity contribution < 1.29 is 14.3 Å². The number of carbonyl (C=O) groups is 2. The van der Waals surface area contributed by atoms with E-state index in [-0.39, 0.29) is 17.7 Å². The van der Waals surface area contributed by atoms with Gasteiger partial charge in [0, 0.05) is 24.2 Å². The number of Topliss-reactive ketones (excluding diaryl/α,β-unsaturated/α-hetero) is 1. The molecule has 1 atom stereocenters. The van der Waals surface area contributed by atoms with Gasteiger partial charge in [0.15, 0.2) is 0 Å². The van der Waals surface area contributed by atoms with Gasteiger partial charge < -0.3 is 4.74 Å². The Bertz CT molecular complexity index is 482. The minimum atomic E-state index is -0.377. The molecular formula is C14H17NO3. The average molecular weight is 247 g/mol. The van der Waals surface area contributed by atoms with Gasteiger partial charge in [0.1, 0.15) is 5.78 Å². The van der Waals surface area contributed by atoms with Crippen LogP contribution in [0.25, 0.3) is 0 Å². The van der Waals surface area contributed by atoms with Crippen LogP contribution in [0.3, 0.4) is 0 Å². The van der Waals surface area contributed by atoms with Crippen LogP contribution >= 0.6 is 0 Å². The van der Waals surface area contributed by atoms with Gasteiger partial charge in [0.05, 0.1) is 12.2 Å². The maximum atomic E-state index is 11.9. The van der Waals surface area contributed by atoms with Gasteiger partial charge in [0.25, 0.3) is 0 Å². The van der Waals surface area contributed by atoms with E-state index in [0.717, 1.165) is 17.7 Å². The number of aromatic nitrogens is 1. The number of pyridine rings is 1. The molecule has 1 aromatic rings. The van der Waals surface area contributed by atoms with Gasteiger partial charge >= 0.3 is 5.97 Å². The SMILES string of the molecule is CCOC(=O)c1cnc2c(c1)CC(=O)C(CC)C2. The molecule has 1 unspecified atom stereocenters. The second-order valence-corrected chi connectivity index (χ2v) is 4.50. The highest BCUT2D eigenvalue weighted by molar-refractivity contribution is 5.90. The summed E-state index contributed by atoms with van der Waals surface area (Å²) in [6, 6.07) is 1.74. The van der Waals surface area contributed by atoms with Crippen molar-refractivity contribution in [2.45, 2.75) is 33.1 Å². The molecule has 1 heterocycles. The summed E-state index contributed by atoms with van der Waals surface area (Å²) in [5.41, 5.74) is 2.24. The highest BCUT2D eigenvalue weighted by Crippen LogP contribution is 2.24. The molecule has 0 spiro atoms. The lowest BCUT2D eigenvalue weighted by Crippen LogP contribution is -2.26. The largest absolute Gasteiger partial charge is 0.462 e. The monoisotopic (exact) mass is 247 g/mol. The topological polar surface area (TPSA) is 56.3 Å². The first-order valence-electron chi connectivity index (χ1n) is 6.33. The van der Waals surface area contributed by atoms with Crippen molar-refractivity contribution in [2.24, 2.45) is 5.92 Å². The molecular weight excluding hydrogens is 230 g/mol. The lowest BCUT2D eigenvalue weighted by molar-refractivity contribution is -0.122. The van der Waals surface area contributed by atoms with Crippen molar-refractivity contribution in [3.05, 3.63) is 29.1 Å².